The lowest BCUT2D eigenvalue weighted by molar-refractivity contribution is -0.130. The second-order valence-electron chi connectivity index (χ2n) is 7.05. The lowest BCUT2D eigenvalue weighted by Crippen LogP contribution is -2.36. The van der Waals surface area contributed by atoms with E-state index in [-0.39, 0.29) is 17.4 Å². The second-order valence-corrected chi connectivity index (χ2v) is 7.05. The van der Waals surface area contributed by atoms with Crippen molar-refractivity contribution in [2.45, 2.75) is 25.7 Å². The number of aryl methyl sites for hydroxylation is 1. The maximum Gasteiger partial charge on any atom is 0.330 e. The summed E-state index contributed by atoms with van der Waals surface area (Å²) >= 11 is 0. The number of carbonyl (C=O) groups excluding carboxylic acids is 1. The number of nitrogens with zero attached hydrogens (tertiary/aromatic N) is 2. The predicted molar refractivity (Wildman–Crippen MR) is 107 cm³/mol. The predicted octanol–water partition coefficient (Wildman–Crippen LogP) is 3.56. The van der Waals surface area contributed by atoms with Crippen molar-refractivity contribution in [2.24, 2.45) is 0 Å². The molecule has 6 heteroatoms. The van der Waals surface area contributed by atoms with Gasteiger partial charge in [0.05, 0.1) is 11.0 Å². The van der Waals surface area contributed by atoms with E-state index in [0.717, 1.165) is 35.1 Å². The molecule has 1 amide bonds. The molecule has 28 heavy (non-hydrogen) atoms. The fraction of sp³-hybridized carbons (Fsp3) is 0.273. The van der Waals surface area contributed by atoms with Crippen LogP contribution in [0, 0.1) is 5.82 Å². The number of benzene rings is 2. The quantitative estimate of drug-likeness (QED) is 0.737. The first kappa shape index (κ1) is 18.2. The van der Waals surface area contributed by atoms with Crippen molar-refractivity contribution in [3.8, 4) is 0 Å². The molecule has 1 aromatic heterocycles. The molecule has 2 heterocycles. The van der Waals surface area contributed by atoms with E-state index in [1.807, 2.05) is 35.2 Å². The molecule has 4 rings (SSSR count). The number of fused-ring (bicyclic) bond motifs is 1. The number of amides is 1. The van der Waals surface area contributed by atoms with Crippen molar-refractivity contribution in [1.82, 2.24) is 14.5 Å². The van der Waals surface area contributed by atoms with E-state index >= 15 is 0 Å². The van der Waals surface area contributed by atoms with Crippen LogP contribution in [0.2, 0.25) is 0 Å². The van der Waals surface area contributed by atoms with E-state index in [0.29, 0.717) is 25.9 Å². The Bertz CT molecular complexity index is 1080. The van der Waals surface area contributed by atoms with Crippen LogP contribution in [-0.2, 0) is 11.2 Å². The second kappa shape index (κ2) is 7.84. The average Bonchev–Trinajstić information content (AvgIpc) is 3.05. The van der Waals surface area contributed by atoms with Gasteiger partial charge in [-0.25, -0.2) is 9.18 Å². The Morgan fingerprint density at radius 1 is 1.11 bits per heavy atom. The first-order valence-corrected chi connectivity index (χ1v) is 9.53. The number of para-hydroxylation sites is 2. The van der Waals surface area contributed by atoms with Gasteiger partial charge >= 0.3 is 5.69 Å². The number of carbonyl (C=O) groups is 1. The molecular formula is C22H22FN3O2. The molecule has 0 spiro atoms. The molecule has 1 aliphatic heterocycles. The van der Waals surface area contributed by atoms with Crippen LogP contribution in [0.4, 0.5) is 4.39 Å². The highest BCUT2D eigenvalue weighted by Gasteiger charge is 2.19. The van der Waals surface area contributed by atoms with E-state index in [1.54, 1.807) is 16.7 Å². The van der Waals surface area contributed by atoms with Gasteiger partial charge in [0.2, 0.25) is 5.91 Å². The monoisotopic (exact) mass is 379 g/mol. The fourth-order valence-electron chi connectivity index (χ4n) is 3.68. The largest absolute Gasteiger partial charge is 0.339 e. The van der Waals surface area contributed by atoms with E-state index < -0.39 is 0 Å². The van der Waals surface area contributed by atoms with E-state index in [1.165, 1.54) is 12.1 Å². The van der Waals surface area contributed by atoms with Crippen LogP contribution in [0.25, 0.3) is 16.7 Å². The van der Waals surface area contributed by atoms with Crippen LogP contribution >= 0.6 is 0 Å². The number of H-pyrrole nitrogens is 1. The molecule has 0 bridgehead atoms. The topological polar surface area (TPSA) is 58.1 Å². The highest BCUT2D eigenvalue weighted by atomic mass is 19.1. The summed E-state index contributed by atoms with van der Waals surface area (Å²) < 4.78 is 14.6. The van der Waals surface area contributed by atoms with Crippen LogP contribution in [0.15, 0.2) is 59.4 Å². The van der Waals surface area contributed by atoms with Crippen molar-refractivity contribution in [3.05, 3.63) is 76.5 Å². The molecule has 144 valence electrons. The zero-order valence-electron chi connectivity index (χ0n) is 15.5. The molecule has 3 aromatic rings. The molecular weight excluding hydrogens is 357 g/mol. The lowest BCUT2D eigenvalue weighted by atomic mass is 10.1. The van der Waals surface area contributed by atoms with Crippen LogP contribution in [0.3, 0.4) is 0 Å². The lowest BCUT2D eigenvalue weighted by Gasteiger charge is -2.27. The summed E-state index contributed by atoms with van der Waals surface area (Å²) in [6, 6.07) is 14.0. The Morgan fingerprint density at radius 3 is 2.64 bits per heavy atom. The Morgan fingerprint density at radius 2 is 1.89 bits per heavy atom. The fourth-order valence-corrected chi connectivity index (χ4v) is 3.68. The summed E-state index contributed by atoms with van der Waals surface area (Å²) in [5.41, 5.74) is 3.49. The SMILES string of the molecule is O=C(CCCc1ccc(F)cc1)N1CC=C(n2c(=O)[nH]c3ccccc32)CC1. The number of hydrogen-bond acceptors (Lipinski definition) is 2. The number of imidazole rings is 1. The van der Waals surface area contributed by atoms with Crippen molar-refractivity contribution in [2.75, 3.05) is 13.1 Å². The number of aromatic amines is 1. The number of hydrogen-bond donors (Lipinski definition) is 1. The van der Waals surface area contributed by atoms with Crippen LogP contribution in [-0.4, -0.2) is 33.4 Å². The number of rotatable bonds is 5. The third-order valence-electron chi connectivity index (χ3n) is 5.18. The van der Waals surface area contributed by atoms with E-state index in [9.17, 15) is 14.0 Å². The standard InChI is InChI=1S/C22H22FN3O2/c23-17-10-8-16(9-11-17)4-3-7-21(27)25-14-12-18(13-15-25)26-20-6-2-1-5-19(20)24-22(26)28/h1-2,5-6,8-12H,3-4,7,13-15H2,(H,24,28). The number of nitrogens with one attached hydrogen (secondary N) is 1. The van der Waals surface area contributed by atoms with E-state index in [4.69, 9.17) is 0 Å². The first-order chi connectivity index (χ1) is 13.6. The summed E-state index contributed by atoms with van der Waals surface area (Å²) in [4.78, 5) is 29.5. The normalized spacial score (nSPS) is 14.3. The highest BCUT2D eigenvalue weighted by Crippen LogP contribution is 2.20. The minimum atomic E-state index is -0.245. The number of aromatic nitrogens is 2. The van der Waals surface area contributed by atoms with Gasteiger partial charge < -0.3 is 9.88 Å². The molecule has 2 aromatic carbocycles. The summed E-state index contributed by atoms with van der Waals surface area (Å²) in [6.45, 7) is 1.11. The van der Waals surface area contributed by atoms with Crippen molar-refractivity contribution in [3.63, 3.8) is 0 Å². The highest BCUT2D eigenvalue weighted by molar-refractivity contribution is 5.80. The third-order valence-corrected chi connectivity index (χ3v) is 5.18. The van der Waals surface area contributed by atoms with Crippen molar-refractivity contribution >= 4 is 22.6 Å². The van der Waals surface area contributed by atoms with Gasteiger partial charge in [-0.2, -0.15) is 0 Å². The molecule has 0 unspecified atom stereocenters. The maximum atomic E-state index is 12.9. The Labute approximate surface area is 162 Å². The van der Waals surface area contributed by atoms with Gasteiger partial charge in [0, 0.05) is 31.6 Å². The van der Waals surface area contributed by atoms with Gasteiger partial charge in [-0.3, -0.25) is 9.36 Å². The smallest absolute Gasteiger partial charge is 0.330 e. The summed E-state index contributed by atoms with van der Waals surface area (Å²) in [6.07, 6.45) is 4.56. The summed E-state index contributed by atoms with van der Waals surface area (Å²) in [5, 5.41) is 0. The molecule has 1 N–H and O–H groups in total. The molecule has 0 radical (unpaired) electrons. The summed E-state index contributed by atoms with van der Waals surface area (Å²) in [5.74, 6) is -0.131. The van der Waals surface area contributed by atoms with Gasteiger partial charge in [0.25, 0.3) is 0 Å². The third kappa shape index (κ3) is 3.76. The Hall–Kier alpha value is -3.15. The molecule has 0 aliphatic carbocycles. The first-order valence-electron chi connectivity index (χ1n) is 9.53. The zero-order chi connectivity index (χ0) is 19.5. The van der Waals surface area contributed by atoms with Crippen molar-refractivity contribution in [1.29, 1.82) is 0 Å². The molecule has 0 fully saturated rings. The molecule has 0 saturated heterocycles. The number of halogens is 1. The van der Waals surface area contributed by atoms with Gasteiger partial charge in [-0.15, -0.1) is 0 Å². The average molecular weight is 379 g/mol. The van der Waals surface area contributed by atoms with E-state index in [2.05, 4.69) is 4.98 Å². The Kier molecular flexibility index (Phi) is 5.10. The van der Waals surface area contributed by atoms with Crippen molar-refractivity contribution < 1.29 is 9.18 Å². The van der Waals surface area contributed by atoms with Gasteiger partial charge in [0.15, 0.2) is 0 Å². The van der Waals surface area contributed by atoms with Crippen LogP contribution in [0.1, 0.15) is 24.8 Å². The van der Waals surface area contributed by atoms with Gasteiger partial charge in [-0.05, 0) is 48.7 Å². The maximum absolute atomic E-state index is 12.9. The van der Waals surface area contributed by atoms with Gasteiger partial charge in [-0.1, -0.05) is 24.3 Å². The van der Waals surface area contributed by atoms with Gasteiger partial charge in [0.1, 0.15) is 5.82 Å². The minimum Gasteiger partial charge on any atom is -0.339 e. The molecule has 5 nitrogen and oxygen atoms in total. The molecule has 0 atom stereocenters. The molecule has 0 saturated carbocycles. The van der Waals surface area contributed by atoms with Crippen LogP contribution in [0.5, 0.6) is 0 Å². The summed E-state index contributed by atoms with van der Waals surface area (Å²) in [7, 11) is 0. The Balaban J connectivity index is 1.36. The molecule has 1 aliphatic rings. The zero-order valence-corrected chi connectivity index (χ0v) is 15.5. The minimum absolute atomic E-state index is 0.115. The van der Waals surface area contributed by atoms with Crippen LogP contribution < -0.4 is 5.69 Å².